The topological polar surface area (TPSA) is 36.4 Å². The van der Waals surface area contributed by atoms with Crippen LogP contribution in [-0.2, 0) is 6.42 Å². The Kier molecular flexibility index (Phi) is 4.56. The molecule has 0 saturated carbocycles. The molecule has 0 spiro atoms. The number of hydrogen-bond acceptors (Lipinski definition) is 4. The largest absolute Gasteiger partial charge is 0.388 e. The maximum absolute atomic E-state index is 10.3. The van der Waals surface area contributed by atoms with Crippen LogP contribution in [0, 0.1) is 0 Å². The lowest BCUT2D eigenvalue weighted by Crippen LogP contribution is -2.28. The maximum atomic E-state index is 10.3. The molecule has 1 saturated heterocycles. The van der Waals surface area contributed by atoms with E-state index in [1.54, 1.807) is 11.3 Å². The van der Waals surface area contributed by atoms with Crippen LogP contribution in [0.4, 0.5) is 5.13 Å². The average molecular weight is 302 g/mol. The van der Waals surface area contributed by atoms with Crippen molar-refractivity contribution in [3.63, 3.8) is 0 Å². The minimum absolute atomic E-state index is 0.471. The number of thiazole rings is 1. The molecule has 2 heterocycles. The maximum Gasteiger partial charge on any atom is 0.185 e. The zero-order valence-electron chi connectivity index (χ0n) is 12.4. The van der Waals surface area contributed by atoms with Crippen LogP contribution in [0.25, 0.3) is 0 Å². The third-order valence-electron chi connectivity index (χ3n) is 4.22. The van der Waals surface area contributed by atoms with Crippen molar-refractivity contribution in [3.8, 4) is 0 Å². The highest BCUT2D eigenvalue weighted by Gasteiger charge is 2.25. The first-order chi connectivity index (χ1) is 10.3. The Bertz CT molecular complexity index is 569. The van der Waals surface area contributed by atoms with Gasteiger partial charge in [0.2, 0.25) is 0 Å². The number of aliphatic hydroxyl groups excluding tert-OH is 1. The molecule has 2 atom stereocenters. The first-order valence-corrected chi connectivity index (χ1v) is 8.60. The summed E-state index contributed by atoms with van der Waals surface area (Å²) in [7, 11) is 0. The molecule has 0 radical (unpaired) electrons. The summed E-state index contributed by atoms with van der Waals surface area (Å²) in [5, 5.41) is 13.5. The van der Waals surface area contributed by atoms with Crippen LogP contribution in [0.3, 0.4) is 0 Å². The van der Waals surface area contributed by atoms with E-state index in [1.165, 1.54) is 19.3 Å². The number of nitrogens with zero attached hydrogens (tertiary/aromatic N) is 2. The van der Waals surface area contributed by atoms with Crippen LogP contribution in [0.1, 0.15) is 43.5 Å². The highest BCUT2D eigenvalue weighted by Crippen LogP contribution is 2.31. The number of rotatable bonds is 5. The Balaban J connectivity index is 1.68. The molecule has 0 amide bonds. The van der Waals surface area contributed by atoms with Crippen molar-refractivity contribution in [2.45, 2.75) is 44.8 Å². The molecule has 1 fully saturated rings. The molecule has 1 aromatic heterocycles. The second-order valence-corrected chi connectivity index (χ2v) is 6.49. The Morgan fingerprint density at radius 3 is 2.95 bits per heavy atom. The summed E-state index contributed by atoms with van der Waals surface area (Å²) >= 11 is 1.71. The van der Waals surface area contributed by atoms with E-state index in [2.05, 4.69) is 17.2 Å². The fraction of sp³-hybridized carbons (Fsp3) is 0.471. The SMILES string of the molecule is CCC1CCCN1c1nc(CC(O)c2ccccc2)cs1. The minimum atomic E-state index is -0.471. The normalized spacial score (nSPS) is 19.9. The lowest BCUT2D eigenvalue weighted by Gasteiger charge is -2.22. The van der Waals surface area contributed by atoms with E-state index < -0.39 is 6.10 Å². The van der Waals surface area contributed by atoms with Crippen molar-refractivity contribution in [1.29, 1.82) is 0 Å². The van der Waals surface area contributed by atoms with E-state index >= 15 is 0 Å². The second-order valence-electron chi connectivity index (χ2n) is 5.65. The molecular weight excluding hydrogens is 280 g/mol. The molecule has 1 aliphatic rings. The fourth-order valence-corrected chi connectivity index (χ4v) is 3.96. The summed E-state index contributed by atoms with van der Waals surface area (Å²) in [6.07, 6.45) is 3.84. The van der Waals surface area contributed by atoms with Gasteiger partial charge in [-0.05, 0) is 24.8 Å². The van der Waals surface area contributed by atoms with Gasteiger partial charge >= 0.3 is 0 Å². The molecule has 1 aromatic carbocycles. The number of anilines is 1. The van der Waals surface area contributed by atoms with Crippen molar-refractivity contribution in [3.05, 3.63) is 47.0 Å². The molecule has 1 aliphatic heterocycles. The van der Waals surface area contributed by atoms with E-state index in [0.717, 1.165) is 22.9 Å². The Morgan fingerprint density at radius 2 is 2.19 bits per heavy atom. The molecule has 112 valence electrons. The van der Waals surface area contributed by atoms with Crippen LogP contribution in [0.5, 0.6) is 0 Å². The van der Waals surface area contributed by atoms with Gasteiger partial charge in [-0.1, -0.05) is 37.3 Å². The minimum Gasteiger partial charge on any atom is -0.388 e. The van der Waals surface area contributed by atoms with Gasteiger partial charge < -0.3 is 10.0 Å². The van der Waals surface area contributed by atoms with E-state index in [0.29, 0.717) is 12.5 Å². The third-order valence-corrected chi connectivity index (χ3v) is 5.15. The summed E-state index contributed by atoms with van der Waals surface area (Å²) in [5.74, 6) is 0. The molecule has 21 heavy (non-hydrogen) atoms. The molecular formula is C17H22N2OS. The van der Waals surface area contributed by atoms with Gasteiger partial charge in [-0.2, -0.15) is 0 Å². The summed E-state index contributed by atoms with van der Waals surface area (Å²) in [6.45, 7) is 3.36. The van der Waals surface area contributed by atoms with Crippen molar-refractivity contribution >= 4 is 16.5 Å². The number of aromatic nitrogens is 1. The van der Waals surface area contributed by atoms with Gasteiger partial charge in [-0.25, -0.2) is 4.98 Å². The summed E-state index contributed by atoms with van der Waals surface area (Å²) in [6, 6.07) is 10.5. The quantitative estimate of drug-likeness (QED) is 0.912. The first kappa shape index (κ1) is 14.5. The highest BCUT2D eigenvalue weighted by molar-refractivity contribution is 7.13. The summed E-state index contributed by atoms with van der Waals surface area (Å²) < 4.78 is 0. The van der Waals surface area contributed by atoms with Crippen molar-refractivity contribution < 1.29 is 5.11 Å². The van der Waals surface area contributed by atoms with Crippen LogP contribution >= 0.6 is 11.3 Å². The first-order valence-electron chi connectivity index (χ1n) is 7.72. The summed E-state index contributed by atoms with van der Waals surface area (Å²) in [5.41, 5.74) is 1.95. The van der Waals surface area contributed by atoms with Crippen molar-refractivity contribution in [2.24, 2.45) is 0 Å². The van der Waals surface area contributed by atoms with E-state index in [4.69, 9.17) is 4.98 Å². The predicted octanol–water partition coefficient (Wildman–Crippen LogP) is 3.80. The van der Waals surface area contributed by atoms with Gasteiger partial charge in [0.15, 0.2) is 5.13 Å². The Hall–Kier alpha value is -1.39. The predicted molar refractivity (Wildman–Crippen MR) is 87.9 cm³/mol. The van der Waals surface area contributed by atoms with Gasteiger partial charge in [-0.15, -0.1) is 11.3 Å². The van der Waals surface area contributed by atoms with Crippen LogP contribution in [0.2, 0.25) is 0 Å². The fourth-order valence-electron chi connectivity index (χ4n) is 3.03. The van der Waals surface area contributed by atoms with E-state index in [1.807, 2.05) is 30.3 Å². The molecule has 2 aromatic rings. The smallest absolute Gasteiger partial charge is 0.185 e. The van der Waals surface area contributed by atoms with Crippen LogP contribution in [0.15, 0.2) is 35.7 Å². The van der Waals surface area contributed by atoms with Gasteiger partial charge in [-0.3, -0.25) is 0 Å². The summed E-state index contributed by atoms with van der Waals surface area (Å²) in [4.78, 5) is 7.17. The standard InChI is InChI=1S/C17H22N2OS/c1-2-15-9-6-10-19(15)17-18-14(12-21-17)11-16(20)13-7-4-3-5-8-13/h3-5,7-8,12,15-16,20H,2,6,9-11H2,1H3. The third kappa shape index (κ3) is 3.27. The van der Waals surface area contributed by atoms with Gasteiger partial charge in [0.1, 0.15) is 0 Å². The van der Waals surface area contributed by atoms with Gasteiger partial charge in [0.25, 0.3) is 0 Å². The van der Waals surface area contributed by atoms with E-state index in [9.17, 15) is 5.11 Å². The molecule has 3 nitrogen and oxygen atoms in total. The van der Waals surface area contributed by atoms with Gasteiger partial charge in [0, 0.05) is 24.4 Å². The van der Waals surface area contributed by atoms with Crippen LogP contribution < -0.4 is 4.90 Å². The zero-order chi connectivity index (χ0) is 14.7. The Labute approximate surface area is 130 Å². The second kappa shape index (κ2) is 6.58. The molecule has 2 unspecified atom stereocenters. The lowest BCUT2D eigenvalue weighted by atomic mass is 10.1. The molecule has 1 N–H and O–H groups in total. The van der Waals surface area contributed by atoms with Gasteiger partial charge in [0.05, 0.1) is 11.8 Å². The molecule has 0 aliphatic carbocycles. The Morgan fingerprint density at radius 1 is 1.38 bits per heavy atom. The van der Waals surface area contributed by atoms with Crippen molar-refractivity contribution in [1.82, 2.24) is 4.98 Å². The molecule has 0 bridgehead atoms. The number of aliphatic hydroxyl groups is 1. The average Bonchev–Trinajstić information content (AvgIpc) is 3.16. The lowest BCUT2D eigenvalue weighted by molar-refractivity contribution is 0.177. The van der Waals surface area contributed by atoms with Crippen molar-refractivity contribution in [2.75, 3.05) is 11.4 Å². The highest BCUT2D eigenvalue weighted by atomic mass is 32.1. The molecule has 4 heteroatoms. The molecule has 3 rings (SSSR count). The van der Waals surface area contributed by atoms with E-state index in [-0.39, 0.29) is 0 Å². The monoisotopic (exact) mass is 302 g/mol. The zero-order valence-corrected chi connectivity index (χ0v) is 13.2. The van der Waals surface area contributed by atoms with Crippen LogP contribution in [-0.4, -0.2) is 22.7 Å². The number of hydrogen-bond donors (Lipinski definition) is 1. The number of benzene rings is 1.